The lowest BCUT2D eigenvalue weighted by Crippen LogP contribution is -2.15. The van der Waals surface area contributed by atoms with Crippen LogP contribution in [0.4, 0.5) is 0 Å². The number of unbranched alkanes of at least 4 members (excludes halogenated alkanes) is 1. The molecule has 4 heteroatoms. The maximum Gasteiger partial charge on any atom is 0.303 e. The molecule has 0 aromatic heterocycles. The molecule has 0 aliphatic rings. The zero-order valence-electron chi connectivity index (χ0n) is 10.8. The summed E-state index contributed by atoms with van der Waals surface area (Å²) < 4.78 is 5.42. The zero-order valence-corrected chi connectivity index (χ0v) is 10.8. The van der Waals surface area contributed by atoms with Crippen LogP contribution in [0.1, 0.15) is 31.7 Å². The fourth-order valence-electron chi connectivity index (χ4n) is 1.67. The average Bonchev–Trinajstić information content (AvgIpc) is 2.34. The predicted octanol–water partition coefficient (Wildman–Crippen LogP) is 2.43. The van der Waals surface area contributed by atoms with Crippen molar-refractivity contribution in [3.63, 3.8) is 0 Å². The Morgan fingerprint density at radius 1 is 1.39 bits per heavy atom. The van der Waals surface area contributed by atoms with E-state index in [9.17, 15) is 4.79 Å². The normalized spacial score (nSPS) is 10.3. The van der Waals surface area contributed by atoms with Gasteiger partial charge in [-0.15, -0.1) is 0 Å². The number of hydrogen-bond donors (Lipinski definition) is 2. The summed E-state index contributed by atoms with van der Waals surface area (Å²) >= 11 is 0. The molecule has 2 N–H and O–H groups in total. The molecule has 0 atom stereocenters. The van der Waals surface area contributed by atoms with E-state index in [-0.39, 0.29) is 6.42 Å². The van der Waals surface area contributed by atoms with E-state index in [2.05, 4.69) is 5.32 Å². The molecule has 0 amide bonds. The van der Waals surface area contributed by atoms with Crippen molar-refractivity contribution in [2.75, 3.05) is 13.2 Å². The lowest BCUT2D eigenvalue weighted by molar-refractivity contribution is -0.137. The fourth-order valence-corrected chi connectivity index (χ4v) is 1.67. The van der Waals surface area contributed by atoms with Gasteiger partial charge in [0, 0.05) is 13.0 Å². The van der Waals surface area contributed by atoms with Crippen LogP contribution < -0.4 is 10.1 Å². The van der Waals surface area contributed by atoms with Gasteiger partial charge in [-0.25, -0.2) is 0 Å². The summed E-state index contributed by atoms with van der Waals surface area (Å²) in [5, 5.41) is 11.8. The van der Waals surface area contributed by atoms with Gasteiger partial charge in [-0.05, 0) is 44.0 Å². The summed E-state index contributed by atoms with van der Waals surface area (Å²) in [6.07, 6.45) is 1.86. The highest BCUT2D eigenvalue weighted by Gasteiger charge is 1.98. The van der Waals surface area contributed by atoms with E-state index in [0.29, 0.717) is 6.61 Å². The summed E-state index contributed by atoms with van der Waals surface area (Å²) in [4.78, 5) is 10.3. The Labute approximate surface area is 108 Å². The van der Waals surface area contributed by atoms with Gasteiger partial charge in [0.25, 0.3) is 0 Å². The van der Waals surface area contributed by atoms with E-state index in [1.54, 1.807) is 0 Å². The van der Waals surface area contributed by atoms with Gasteiger partial charge in [-0.3, -0.25) is 4.79 Å². The van der Waals surface area contributed by atoms with Crippen molar-refractivity contribution in [1.82, 2.24) is 5.32 Å². The number of carbonyl (C=O) groups is 1. The minimum absolute atomic E-state index is 0.251. The fraction of sp³-hybridized carbons (Fsp3) is 0.500. The van der Waals surface area contributed by atoms with Gasteiger partial charge in [-0.2, -0.15) is 0 Å². The van der Waals surface area contributed by atoms with Gasteiger partial charge < -0.3 is 15.2 Å². The average molecular weight is 251 g/mol. The molecule has 0 saturated heterocycles. The minimum Gasteiger partial charge on any atom is -0.494 e. The number of nitrogens with one attached hydrogen (secondary N) is 1. The first-order valence-electron chi connectivity index (χ1n) is 6.36. The van der Waals surface area contributed by atoms with Gasteiger partial charge in [0.05, 0.1) is 6.61 Å². The van der Waals surface area contributed by atoms with Crippen molar-refractivity contribution in [1.29, 1.82) is 0 Å². The molecule has 1 aromatic rings. The first kappa shape index (κ1) is 14.5. The van der Waals surface area contributed by atoms with Crippen LogP contribution in [0.15, 0.2) is 24.3 Å². The molecule has 0 heterocycles. The van der Waals surface area contributed by atoms with Gasteiger partial charge in [0.2, 0.25) is 0 Å². The van der Waals surface area contributed by atoms with E-state index in [0.717, 1.165) is 31.7 Å². The highest BCUT2D eigenvalue weighted by molar-refractivity contribution is 5.66. The van der Waals surface area contributed by atoms with Crippen molar-refractivity contribution in [2.45, 2.75) is 32.7 Å². The highest BCUT2D eigenvalue weighted by atomic mass is 16.5. The van der Waals surface area contributed by atoms with Crippen molar-refractivity contribution in [3.8, 4) is 5.75 Å². The second kappa shape index (κ2) is 8.53. The largest absolute Gasteiger partial charge is 0.494 e. The van der Waals surface area contributed by atoms with Gasteiger partial charge in [0.15, 0.2) is 0 Å². The van der Waals surface area contributed by atoms with Crippen LogP contribution in [0, 0.1) is 0 Å². The molecule has 100 valence electrons. The molecule has 0 aliphatic heterocycles. The number of rotatable bonds is 9. The Morgan fingerprint density at radius 3 is 2.94 bits per heavy atom. The maximum atomic E-state index is 10.3. The van der Waals surface area contributed by atoms with Crippen LogP contribution in [0.5, 0.6) is 5.75 Å². The zero-order chi connectivity index (χ0) is 13.2. The molecule has 0 radical (unpaired) electrons. The number of hydrogen-bond acceptors (Lipinski definition) is 3. The van der Waals surface area contributed by atoms with Crippen LogP contribution in [0.25, 0.3) is 0 Å². The molecule has 0 unspecified atom stereocenters. The summed E-state index contributed by atoms with van der Waals surface area (Å²) in [5.41, 5.74) is 1.18. The predicted molar refractivity (Wildman–Crippen MR) is 70.8 cm³/mol. The molecular weight excluding hydrogens is 230 g/mol. The molecule has 0 saturated carbocycles. The summed E-state index contributed by atoms with van der Waals surface area (Å²) in [7, 11) is 0. The van der Waals surface area contributed by atoms with Crippen LogP contribution in [-0.4, -0.2) is 24.2 Å². The number of carboxylic acid groups (broad SMARTS) is 1. The molecular formula is C14H21NO3. The number of carboxylic acids is 1. The third kappa shape index (κ3) is 6.25. The lowest BCUT2D eigenvalue weighted by Gasteiger charge is -2.07. The molecule has 0 aliphatic carbocycles. The third-order valence-corrected chi connectivity index (χ3v) is 2.53. The Bertz CT molecular complexity index is 366. The van der Waals surface area contributed by atoms with Gasteiger partial charge >= 0.3 is 5.97 Å². The van der Waals surface area contributed by atoms with E-state index in [1.807, 2.05) is 31.2 Å². The van der Waals surface area contributed by atoms with Crippen LogP contribution in [0.3, 0.4) is 0 Å². The van der Waals surface area contributed by atoms with Gasteiger partial charge in [0.1, 0.15) is 5.75 Å². The molecule has 1 rings (SSSR count). The first-order valence-corrected chi connectivity index (χ1v) is 6.36. The monoisotopic (exact) mass is 251 g/mol. The standard InChI is InChI=1S/C14H21NO3/c1-2-18-13-7-5-6-12(10-13)11-15-9-4-3-8-14(16)17/h5-7,10,15H,2-4,8-9,11H2,1H3,(H,16,17). The second-order valence-electron chi connectivity index (χ2n) is 4.11. The summed E-state index contributed by atoms with van der Waals surface area (Å²) in [6.45, 7) is 4.26. The van der Waals surface area contributed by atoms with Crippen molar-refractivity contribution < 1.29 is 14.6 Å². The topological polar surface area (TPSA) is 58.6 Å². The summed E-state index contributed by atoms with van der Waals surface area (Å²) in [5.74, 6) is 0.169. The van der Waals surface area contributed by atoms with Crippen molar-refractivity contribution in [3.05, 3.63) is 29.8 Å². The molecule has 0 fully saturated rings. The molecule has 18 heavy (non-hydrogen) atoms. The molecule has 0 bridgehead atoms. The molecule has 0 spiro atoms. The van der Waals surface area contributed by atoms with Crippen molar-refractivity contribution in [2.24, 2.45) is 0 Å². The van der Waals surface area contributed by atoms with Gasteiger partial charge in [-0.1, -0.05) is 12.1 Å². The molecule has 1 aromatic carbocycles. The van der Waals surface area contributed by atoms with E-state index in [4.69, 9.17) is 9.84 Å². The minimum atomic E-state index is -0.723. The van der Waals surface area contributed by atoms with E-state index < -0.39 is 5.97 Å². The highest BCUT2D eigenvalue weighted by Crippen LogP contribution is 2.12. The maximum absolute atomic E-state index is 10.3. The van der Waals surface area contributed by atoms with Crippen molar-refractivity contribution >= 4 is 5.97 Å². The van der Waals surface area contributed by atoms with Crippen LogP contribution >= 0.6 is 0 Å². The van der Waals surface area contributed by atoms with Crippen LogP contribution in [0.2, 0.25) is 0 Å². The molecule has 4 nitrogen and oxygen atoms in total. The van der Waals surface area contributed by atoms with Crippen LogP contribution in [-0.2, 0) is 11.3 Å². The Kier molecular flexibility index (Phi) is 6.87. The summed E-state index contributed by atoms with van der Waals surface area (Å²) in [6, 6.07) is 7.99. The Balaban J connectivity index is 2.18. The Morgan fingerprint density at radius 2 is 2.22 bits per heavy atom. The number of aliphatic carboxylic acids is 1. The van der Waals surface area contributed by atoms with E-state index in [1.165, 1.54) is 5.56 Å². The lowest BCUT2D eigenvalue weighted by atomic mass is 10.2. The SMILES string of the molecule is CCOc1cccc(CNCCCCC(=O)O)c1. The number of benzene rings is 1. The quantitative estimate of drug-likeness (QED) is 0.662. The Hall–Kier alpha value is -1.55. The number of ether oxygens (including phenoxy) is 1. The smallest absolute Gasteiger partial charge is 0.303 e. The van der Waals surface area contributed by atoms with E-state index >= 15 is 0 Å². The second-order valence-corrected chi connectivity index (χ2v) is 4.11. The third-order valence-electron chi connectivity index (χ3n) is 2.53. The first-order chi connectivity index (χ1) is 8.72.